The molecule has 0 bridgehead atoms. The molecule has 0 unspecified atom stereocenters. The summed E-state index contributed by atoms with van der Waals surface area (Å²) in [4.78, 5) is 0. The third-order valence-electron chi connectivity index (χ3n) is 7.45. The van der Waals surface area contributed by atoms with Crippen LogP contribution in [-0.2, 0) is 7.05 Å². The molecule has 0 amide bonds. The molecule has 6 aromatic rings. The van der Waals surface area contributed by atoms with Gasteiger partial charge in [-0.25, -0.2) is 4.57 Å². The average Bonchev–Trinajstić information content (AvgIpc) is 3.30. The molecule has 0 saturated heterocycles. The van der Waals surface area contributed by atoms with Crippen molar-refractivity contribution in [2.45, 2.75) is 40.3 Å². The zero-order valence-electron chi connectivity index (χ0n) is 27.9. The number of aromatic nitrogens is 1. The summed E-state index contributed by atoms with van der Waals surface area (Å²) in [5.41, 5.74) is 5.51. The lowest BCUT2D eigenvalue weighted by Gasteiger charge is -2.16. The van der Waals surface area contributed by atoms with E-state index in [0.717, 1.165) is 49.4 Å². The van der Waals surface area contributed by atoms with Crippen LogP contribution in [0, 0.1) is 20.6 Å². The molecule has 0 fully saturated rings. The van der Waals surface area contributed by atoms with Gasteiger partial charge in [0, 0.05) is 36.0 Å². The fraction of sp³-hybridized carbons (Fsp3) is 0.206. The van der Waals surface area contributed by atoms with Crippen LogP contribution >= 0.6 is 0 Å². The largest absolute Gasteiger partial charge is 0.454 e. The van der Waals surface area contributed by atoms with E-state index in [4.69, 9.17) is 12.6 Å². The first-order valence-electron chi connectivity index (χ1n) is 15.6. The van der Waals surface area contributed by atoms with E-state index in [1.807, 2.05) is 19.1 Å². The normalized spacial score (nSPS) is 15.3. The van der Waals surface area contributed by atoms with Crippen molar-refractivity contribution in [1.82, 2.24) is 0 Å². The monoisotopic (exact) mass is 506 g/mol. The number of furan rings is 1. The summed E-state index contributed by atoms with van der Waals surface area (Å²) in [5.74, 6) is 0. The number of fused-ring (bicyclic) bond motifs is 5. The quantitative estimate of drug-likeness (QED) is 0.174. The molecular weight excluding hydrogens is 466 g/mol. The Bertz CT molecular complexity index is 2050. The molecule has 0 spiro atoms. The zero-order chi connectivity index (χ0) is 31.1. The number of hydrogen-bond acceptors (Lipinski definition) is 1. The highest BCUT2D eigenvalue weighted by molar-refractivity contribution is 6.88. The minimum absolute atomic E-state index is 0.176. The Labute approximate surface area is 228 Å². The molecule has 4 aromatic carbocycles. The number of nitrogens with zero attached hydrogens (tertiary/aromatic N) is 1. The summed E-state index contributed by atoms with van der Waals surface area (Å²) in [6.07, 6.45) is 1.42. The predicted molar refractivity (Wildman–Crippen MR) is 160 cm³/mol. The Morgan fingerprint density at radius 3 is 2.11 bits per heavy atom. The van der Waals surface area contributed by atoms with Gasteiger partial charge >= 0.3 is 0 Å². The van der Waals surface area contributed by atoms with E-state index in [1.54, 1.807) is 11.6 Å². The third-order valence-corrected chi connectivity index (χ3v) is 9.51. The highest BCUT2D eigenvalue weighted by Crippen LogP contribution is 2.40. The van der Waals surface area contributed by atoms with Gasteiger partial charge < -0.3 is 4.42 Å². The molecule has 0 radical (unpaired) electrons. The standard InChI is InChI=1S/C34H34NOSi/c1-21-8-16-29-28-17-13-25-9-10-26(24-11-14-27(15-12-24)37(5,6)7)19-30(25)33(28)36-34(29)32(21)31-18-22(2)23(3)20-35(31)4/h8-20H,1-7H3/q+1/i2D3,3D3. The lowest BCUT2D eigenvalue weighted by atomic mass is 9.97. The molecule has 3 heteroatoms. The molecule has 0 aliphatic carbocycles. The Morgan fingerprint density at radius 1 is 0.703 bits per heavy atom. The van der Waals surface area contributed by atoms with Crippen molar-refractivity contribution >= 4 is 46.0 Å². The maximum atomic E-state index is 8.10. The van der Waals surface area contributed by atoms with Gasteiger partial charge in [-0.3, -0.25) is 0 Å². The second kappa shape index (κ2) is 8.42. The van der Waals surface area contributed by atoms with Crippen LogP contribution < -0.4 is 9.75 Å². The lowest BCUT2D eigenvalue weighted by molar-refractivity contribution is -0.660. The van der Waals surface area contributed by atoms with Gasteiger partial charge in [-0.05, 0) is 60.4 Å². The van der Waals surface area contributed by atoms with Crippen LogP contribution in [0.3, 0.4) is 0 Å². The Hall–Kier alpha value is -3.69. The van der Waals surface area contributed by atoms with Gasteiger partial charge in [-0.1, -0.05) is 79.4 Å². The Kier molecular flexibility index (Phi) is 4.03. The minimum Gasteiger partial charge on any atom is -0.454 e. The fourth-order valence-electron chi connectivity index (χ4n) is 5.27. The van der Waals surface area contributed by atoms with Crippen molar-refractivity contribution < 1.29 is 17.2 Å². The van der Waals surface area contributed by atoms with E-state index in [9.17, 15) is 0 Å². The second-order valence-corrected chi connectivity index (χ2v) is 16.1. The molecule has 0 atom stereocenters. The van der Waals surface area contributed by atoms with Crippen LogP contribution in [0.1, 0.15) is 24.9 Å². The Morgan fingerprint density at radius 2 is 1.38 bits per heavy atom. The van der Waals surface area contributed by atoms with E-state index >= 15 is 0 Å². The van der Waals surface area contributed by atoms with E-state index in [1.165, 1.54) is 17.4 Å². The van der Waals surface area contributed by atoms with Gasteiger partial charge in [0.25, 0.3) is 0 Å². The van der Waals surface area contributed by atoms with E-state index in [2.05, 4.69) is 74.2 Å². The van der Waals surface area contributed by atoms with E-state index in [-0.39, 0.29) is 11.1 Å². The van der Waals surface area contributed by atoms with Crippen LogP contribution in [-0.4, -0.2) is 8.07 Å². The van der Waals surface area contributed by atoms with Crippen molar-refractivity contribution in [3.63, 3.8) is 0 Å². The van der Waals surface area contributed by atoms with Crippen molar-refractivity contribution in [2.24, 2.45) is 7.05 Å². The number of hydrogen-bond donors (Lipinski definition) is 0. The number of aryl methyl sites for hydroxylation is 4. The summed E-state index contributed by atoms with van der Waals surface area (Å²) < 4.78 is 56.6. The summed E-state index contributed by atoms with van der Waals surface area (Å²) in [6, 6.07) is 25.0. The lowest BCUT2D eigenvalue weighted by Crippen LogP contribution is -2.37. The van der Waals surface area contributed by atoms with Crippen LogP contribution in [0.25, 0.3) is 55.1 Å². The predicted octanol–water partition coefficient (Wildman–Crippen LogP) is 8.37. The first-order valence-corrected chi connectivity index (χ1v) is 16.1. The molecular formula is C34H34NOSi+. The molecule has 0 N–H and O–H groups in total. The molecule has 2 heterocycles. The van der Waals surface area contributed by atoms with Crippen LogP contribution in [0.15, 0.2) is 83.4 Å². The van der Waals surface area contributed by atoms with Crippen molar-refractivity contribution in [3.05, 3.63) is 95.7 Å². The topological polar surface area (TPSA) is 17.0 Å². The number of pyridine rings is 1. The average molecular weight is 507 g/mol. The van der Waals surface area contributed by atoms with E-state index < -0.39 is 21.8 Å². The van der Waals surface area contributed by atoms with Crippen LogP contribution in [0.2, 0.25) is 19.6 Å². The summed E-state index contributed by atoms with van der Waals surface area (Å²) >= 11 is 0. The Balaban J connectivity index is 1.59. The van der Waals surface area contributed by atoms with Crippen molar-refractivity contribution in [3.8, 4) is 22.4 Å². The smallest absolute Gasteiger partial charge is 0.216 e. The molecule has 184 valence electrons. The van der Waals surface area contributed by atoms with Gasteiger partial charge in [0.2, 0.25) is 5.69 Å². The summed E-state index contributed by atoms with van der Waals surface area (Å²) in [6.45, 7) is 3.83. The molecule has 6 rings (SSSR count). The third kappa shape index (κ3) is 3.89. The van der Waals surface area contributed by atoms with Crippen LogP contribution in [0.5, 0.6) is 0 Å². The minimum atomic E-state index is -2.59. The first-order chi connectivity index (χ1) is 20.0. The van der Waals surface area contributed by atoms with Crippen molar-refractivity contribution in [2.75, 3.05) is 0 Å². The summed E-state index contributed by atoms with van der Waals surface area (Å²) in [5, 5.41) is 5.35. The number of rotatable bonds is 3. The zero-order valence-corrected chi connectivity index (χ0v) is 22.9. The summed E-state index contributed by atoms with van der Waals surface area (Å²) in [7, 11) is 0.339. The van der Waals surface area contributed by atoms with Gasteiger partial charge in [-0.2, -0.15) is 0 Å². The molecule has 0 aliphatic rings. The van der Waals surface area contributed by atoms with E-state index in [0.29, 0.717) is 11.3 Å². The molecule has 2 aromatic heterocycles. The number of benzene rings is 4. The molecule has 0 aliphatic heterocycles. The van der Waals surface area contributed by atoms with Gasteiger partial charge in [0.15, 0.2) is 6.20 Å². The van der Waals surface area contributed by atoms with Gasteiger partial charge in [-0.15, -0.1) is 0 Å². The highest BCUT2D eigenvalue weighted by atomic mass is 28.3. The first kappa shape index (κ1) is 17.7. The molecule has 37 heavy (non-hydrogen) atoms. The fourth-order valence-corrected chi connectivity index (χ4v) is 6.44. The maximum absolute atomic E-state index is 8.10. The van der Waals surface area contributed by atoms with Gasteiger partial charge in [0.05, 0.1) is 13.6 Å². The SMILES string of the molecule is [2H]C([2H])([2H])c1cc(-c2c(C)ccc3c2oc2c4cc(-c5ccc([Si](C)(C)C)cc5)ccc4ccc32)[n+](C)cc1C([2H])([2H])[2H]. The highest BCUT2D eigenvalue weighted by Gasteiger charge is 2.22. The maximum Gasteiger partial charge on any atom is 0.216 e. The molecule has 0 saturated carbocycles. The molecule has 2 nitrogen and oxygen atoms in total. The van der Waals surface area contributed by atoms with Crippen molar-refractivity contribution in [1.29, 1.82) is 0 Å². The second-order valence-electron chi connectivity index (χ2n) is 11.0. The van der Waals surface area contributed by atoms with Crippen LogP contribution in [0.4, 0.5) is 0 Å². The van der Waals surface area contributed by atoms with Gasteiger partial charge in [0.1, 0.15) is 18.2 Å².